The molecule has 7 heteroatoms. The molecule has 0 spiro atoms. The van der Waals surface area contributed by atoms with E-state index in [0.29, 0.717) is 24.4 Å². The van der Waals surface area contributed by atoms with Crippen molar-refractivity contribution in [1.82, 2.24) is 19.9 Å². The van der Waals surface area contributed by atoms with Gasteiger partial charge in [-0.2, -0.15) is 0 Å². The van der Waals surface area contributed by atoms with E-state index >= 15 is 0 Å². The maximum Gasteiger partial charge on any atom is 0.233 e. The average molecular weight is 409 g/mol. The van der Waals surface area contributed by atoms with Crippen LogP contribution in [0.3, 0.4) is 0 Å². The molecule has 4 rings (SSSR count). The molecule has 3 aromatic rings. The van der Waals surface area contributed by atoms with Gasteiger partial charge in [-0.05, 0) is 42.2 Å². The highest BCUT2D eigenvalue weighted by Crippen LogP contribution is 2.34. The number of nitrogens with one attached hydrogen (secondary N) is 1. The summed E-state index contributed by atoms with van der Waals surface area (Å²) in [4.78, 5) is 34.3. The predicted octanol–water partition coefficient (Wildman–Crippen LogP) is 4.03. The monoisotopic (exact) mass is 408 g/mol. The molecule has 2 aromatic carbocycles. The van der Waals surface area contributed by atoms with Crippen LogP contribution in [0.5, 0.6) is 0 Å². The summed E-state index contributed by atoms with van der Waals surface area (Å²) in [5, 5.41) is 12.5. The van der Waals surface area contributed by atoms with E-state index in [2.05, 4.69) is 36.2 Å². The number of H-pyrrole nitrogens is 1. The number of likely N-dealkylation sites (tertiary alicyclic amines) is 1. The molecule has 1 aromatic heterocycles. The van der Waals surface area contributed by atoms with Crippen LogP contribution in [-0.2, 0) is 9.59 Å². The highest BCUT2D eigenvalue weighted by atomic mass is 16.5. The molecular formula is C23H28N4O3. The number of unbranched alkanes of at least 4 members (excludes halogenated alkanes) is 1. The molecule has 0 saturated carbocycles. The number of aromatic nitrogens is 2. The van der Waals surface area contributed by atoms with Gasteiger partial charge in [0, 0.05) is 6.54 Å². The molecule has 158 valence electrons. The number of rotatable bonds is 8. The number of hydroxylamine groups is 2. The van der Waals surface area contributed by atoms with Crippen molar-refractivity contribution in [3.05, 3.63) is 42.2 Å². The number of benzene rings is 2. The van der Waals surface area contributed by atoms with Crippen LogP contribution in [0.1, 0.15) is 50.9 Å². The molecule has 2 heterocycles. The number of aromatic amines is 1. The van der Waals surface area contributed by atoms with Crippen molar-refractivity contribution in [3.8, 4) is 0 Å². The van der Waals surface area contributed by atoms with E-state index in [-0.39, 0.29) is 18.5 Å². The minimum Gasteiger partial charge on any atom is -0.340 e. The standard InChI is InChI=1S/C23H28N4O3/c1-2-3-7-18(14-26(30)15-28)23(29)27-11-6-10-21(27)22-24-19-12-16-8-4-5-9-17(16)13-20(19)25-22/h4-5,8-9,12-13,15,18,21,30H,2-3,6-7,10-11,14H2,1H3,(H,24,25). The fourth-order valence-corrected chi connectivity index (χ4v) is 4.44. The molecule has 1 aliphatic heterocycles. The van der Waals surface area contributed by atoms with Crippen molar-refractivity contribution >= 4 is 34.1 Å². The lowest BCUT2D eigenvalue weighted by Gasteiger charge is -2.29. The highest BCUT2D eigenvalue weighted by Gasteiger charge is 2.36. The molecule has 1 saturated heterocycles. The molecule has 2 N–H and O–H groups in total. The maximum absolute atomic E-state index is 13.3. The Hall–Kier alpha value is -2.93. The summed E-state index contributed by atoms with van der Waals surface area (Å²) in [6.07, 6.45) is 4.59. The highest BCUT2D eigenvalue weighted by molar-refractivity contribution is 5.95. The number of nitrogens with zero attached hydrogens (tertiary/aromatic N) is 3. The van der Waals surface area contributed by atoms with Crippen LogP contribution in [0.2, 0.25) is 0 Å². The summed E-state index contributed by atoms with van der Waals surface area (Å²) in [7, 11) is 0. The van der Waals surface area contributed by atoms with Gasteiger partial charge in [-0.15, -0.1) is 0 Å². The molecule has 2 unspecified atom stereocenters. The first kappa shape index (κ1) is 20.3. The van der Waals surface area contributed by atoms with E-state index in [4.69, 9.17) is 4.98 Å². The number of fused-ring (bicyclic) bond motifs is 2. The number of hydrogen-bond acceptors (Lipinski definition) is 4. The van der Waals surface area contributed by atoms with Gasteiger partial charge in [0.25, 0.3) is 0 Å². The van der Waals surface area contributed by atoms with Crippen LogP contribution < -0.4 is 0 Å². The second-order valence-corrected chi connectivity index (χ2v) is 8.09. The second kappa shape index (κ2) is 8.83. The van der Waals surface area contributed by atoms with Crippen LogP contribution >= 0.6 is 0 Å². The van der Waals surface area contributed by atoms with Gasteiger partial charge in [0.2, 0.25) is 12.3 Å². The summed E-state index contributed by atoms with van der Waals surface area (Å²) in [6, 6.07) is 12.2. The third-order valence-corrected chi connectivity index (χ3v) is 6.00. The van der Waals surface area contributed by atoms with Gasteiger partial charge >= 0.3 is 0 Å². The third kappa shape index (κ3) is 4.03. The van der Waals surface area contributed by atoms with Gasteiger partial charge in [0.1, 0.15) is 5.82 Å². The normalized spacial score (nSPS) is 17.5. The fourth-order valence-electron chi connectivity index (χ4n) is 4.44. The lowest BCUT2D eigenvalue weighted by molar-refractivity contribution is -0.157. The van der Waals surface area contributed by atoms with Gasteiger partial charge < -0.3 is 9.88 Å². The molecule has 30 heavy (non-hydrogen) atoms. The van der Waals surface area contributed by atoms with E-state index in [1.807, 2.05) is 17.0 Å². The number of carbonyl (C=O) groups excluding carboxylic acids is 2. The zero-order chi connectivity index (χ0) is 21.1. The van der Waals surface area contributed by atoms with Crippen LogP contribution in [0.4, 0.5) is 0 Å². The summed E-state index contributed by atoms with van der Waals surface area (Å²) in [5.41, 5.74) is 1.86. The van der Waals surface area contributed by atoms with Crippen molar-refractivity contribution in [2.45, 2.75) is 45.1 Å². The molecule has 1 fully saturated rings. The second-order valence-electron chi connectivity index (χ2n) is 8.09. The third-order valence-electron chi connectivity index (χ3n) is 6.00. The van der Waals surface area contributed by atoms with E-state index in [0.717, 1.165) is 53.3 Å². The lowest BCUT2D eigenvalue weighted by atomic mass is 9.99. The molecule has 2 amide bonds. The summed E-state index contributed by atoms with van der Waals surface area (Å²) in [5.74, 6) is 0.377. The number of hydrogen-bond donors (Lipinski definition) is 2. The molecule has 0 bridgehead atoms. The van der Waals surface area contributed by atoms with Crippen molar-refractivity contribution in [2.75, 3.05) is 13.1 Å². The van der Waals surface area contributed by atoms with E-state index in [9.17, 15) is 14.8 Å². The van der Waals surface area contributed by atoms with Crippen LogP contribution in [0.25, 0.3) is 21.8 Å². The Balaban J connectivity index is 1.60. The SMILES string of the molecule is CCCCC(CN(O)C=O)C(=O)N1CCCC1c1nc2cc3ccccc3cc2[nH]1. The Bertz CT molecular complexity index is 995. The van der Waals surface area contributed by atoms with Gasteiger partial charge in [-0.1, -0.05) is 44.0 Å². The van der Waals surface area contributed by atoms with Crippen molar-refractivity contribution in [3.63, 3.8) is 0 Å². The largest absolute Gasteiger partial charge is 0.340 e. The molecular weight excluding hydrogens is 380 g/mol. The maximum atomic E-state index is 13.3. The number of imidazole rings is 1. The Morgan fingerprint density at radius 2 is 2.13 bits per heavy atom. The van der Waals surface area contributed by atoms with Crippen molar-refractivity contribution in [2.24, 2.45) is 5.92 Å². The van der Waals surface area contributed by atoms with Gasteiger partial charge in [0.15, 0.2) is 0 Å². The average Bonchev–Trinajstić information content (AvgIpc) is 3.40. The lowest BCUT2D eigenvalue weighted by Crippen LogP contribution is -2.40. The predicted molar refractivity (Wildman–Crippen MR) is 115 cm³/mol. The zero-order valence-electron chi connectivity index (χ0n) is 17.3. The van der Waals surface area contributed by atoms with Gasteiger partial charge in [0.05, 0.1) is 29.5 Å². The van der Waals surface area contributed by atoms with Gasteiger partial charge in [-0.3, -0.25) is 14.8 Å². The molecule has 2 atom stereocenters. The Morgan fingerprint density at radius 1 is 1.37 bits per heavy atom. The van der Waals surface area contributed by atoms with Crippen LogP contribution in [0, 0.1) is 5.92 Å². The number of carbonyl (C=O) groups is 2. The molecule has 7 nitrogen and oxygen atoms in total. The van der Waals surface area contributed by atoms with Crippen LogP contribution in [0.15, 0.2) is 36.4 Å². The quantitative estimate of drug-likeness (QED) is 0.334. The number of amides is 2. The molecule has 0 radical (unpaired) electrons. The topological polar surface area (TPSA) is 89.5 Å². The summed E-state index contributed by atoms with van der Waals surface area (Å²) in [6.45, 7) is 2.75. The minimum atomic E-state index is -0.410. The molecule has 0 aliphatic carbocycles. The van der Waals surface area contributed by atoms with Gasteiger partial charge in [-0.25, -0.2) is 10.0 Å². The fraction of sp³-hybridized carbons (Fsp3) is 0.435. The van der Waals surface area contributed by atoms with E-state index in [1.165, 1.54) is 0 Å². The summed E-state index contributed by atoms with van der Waals surface area (Å²) < 4.78 is 0. The Labute approximate surface area is 175 Å². The van der Waals surface area contributed by atoms with E-state index in [1.54, 1.807) is 0 Å². The Morgan fingerprint density at radius 3 is 2.87 bits per heavy atom. The smallest absolute Gasteiger partial charge is 0.233 e. The molecule has 1 aliphatic rings. The Kier molecular flexibility index (Phi) is 5.99. The first-order chi connectivity index (χ1) is 14.6. The minimum absolute atomic E-state index is 0.0162. The van der Waals surface area contributed by atoms with E-state index < -0.39 is 5.92 Å². The first-order valence-electron chi connectivity index (χ1n) is 10.7. The summed E-state index contributed by atoms with van der Waals surface area (Å²) >= 11 is 0. The van der Waals surface area contributed by atoms with Crippen molar-refractivity contribution < 1.29 is 14.8 Å². The first-order valence-corrected chi connectivity index (χ1v) is 10.7. The zero-order valence-corrected chi connectivity index (χ0v) is 17.3. The van der Waals surface area contributed by atoms with Crippen LogP contribution in [-0.4, -0.2) is 50.5 Å². The van der Waals surface area contributed by atoms with Crippen molar-refractivity contribution in [1.29, 1.82) is 0 Å².